The third-order valence-corrected chi connectivity index (χ3v) is 6.79. The van der Waals surface area contributed by atoms with Crippen molar-refractivity contribution in [2.45, 2.75) is 86.0 Å². The zero-order valence-corrected chi connectivity index (χ0v) is 18.1. The van der Waals surface area contributed by atoms with Crippen LogP contribution in [0.1, 0.15) is 86.0 Å². The zero-order chi connectivity index (χ0) is 19.9. The molecule has 0 amide bonds. The molecule has 1 heterocycles. The van der Waals surface area contributed by atoms with E-state index >= 15 is 0 Å². The Labute approximate surface area is 166 Å². The number of ether oxygens (including phenoxy) is 1. The lowest BCUT2D eigenvalue weighted by molar-refractivity contribution is -0.134. The number of cyclic esters (lactones) is 1. The minimum absolute atomic E-state index is 0.187. The molecule has 1 aliphatic carbocycles. The molecule has 0 aromatic rings. The number of carbonyl (C=O) groups is 1. The first-order valence-electron chi connectivity index (χ1n) is 10.7. The molecule has 0 fully saturated rings. The molecule has 2 heteroatoms. The maximum Gasteiger partial charge on any atom is 0.331 e. The molecule has 2 nitrogen and oxygen atoms in total. The predicted molar refractivity (Wildman–Crippen MR) is 115 cm³/mol. The fraction of sp³-hybridized carbons (Fsp3) is 0.640. The molecule has 2 atom stereocenters. The van der Waals surface area contributed by atoms with Gasteiger partial charge in [0.15, 0.2) is 0 Å². The number of carbonyl (C=O) groups excluding carboxylic acids is 1. The monoisotopic (exact) mass is 370 g/mol. The first-order chi connectivity index (χ1) is 12.8. The lowest BCUT2D eigenvalue weighted by Crippen LogP contribution is -2.29. The molecule has 0 N–H and O–H groups in total. The standard InChI is InChI=1S/C25H38O2/c1-19(11-7-14-23-17-24(26)27-18-23)9-6-10-20(2)15-16-25(5)21(3)12-8-13-22(25)4/h10-12,17,22H,6-9,13-16,18H2,1-5H3. The Morgan fingerprint density at radius 2 is 1.93 bits per heavy atom. The molecule has 0 spiro atoms. The summed E-state index contributed by atoms with van der Waals surface area (Å²) < 4.78 is 4.94. The van der Waals surface area contributed by atoms with Crippen LogP contribution in [0.15, 0.2) is 46.6 Å². The van der Waals surface area contributed by atoms with E-state index in [1.165, 1.54) is 36.8 Å². The van der Waals surface area contributed by atoms with E-state index in [0.717, 1.165) is 37.2 Å². The van der Waals surface area contributed by atoms with E-state index in [1.54, 1.807) is 11.6 Å². The van der Waals surface area contributed by atoms with Gasteiger partial charge in [0.1, 0.15) is 6.61 Å². The van der Waals surface area contributed by atoms with Gasteiger partial charge in [-0.1, -0.05) is 48.8 Å². The van der Waals surface area contributed by atoms with Crippen LogP contribution in [0.3, 0.4) is 0 Å². The van der Waals surface area contributed by atoms with Crippen molar-refractivity contribution in [1.82, 2.24) is 0 Å². The topological polar surface area (TPSA) is 26.3 Å². The summed E-state index contributed by atoms with van der Waals surface area (Å²) in [5.74, 6) is 0.602. The van der Waals surface area contributed by atoms with E-state index < -0.39 is 0 Å². The van der Waals surface area contributed by atoms with Crippen LogP contribution >= 0.6 is 0 Å². The lowest BCUT2D eigenvalue weighted by Gasteiger charge is -2.40. The Kier molecular flexibility index (Phi) is 8.13. The van der Waals surface area contributed by atoms with Crippen molar-refractivity contribution in [2.75, 3.05) is 6.61 Å². The number of hydrogen-bond donors (Lipinski definition) is 0. The van der Waals surface area contributed by atoms with Gasteiger partial charge in [-0.05, 0) is 89.0 Å². The quantitative estimate of drug-likeness (QED) is 0.320. The van der Waals surface area contributed by atoms with Gasteiger partial charge in [0.2, 0.25) is 0 Å². The van der Waals surface area contributed by atoms with Gasteiger partial charge < -0.3 is 4.74 Å². The third kappa shape index (κ3) is 6.52. The molecule has 0 aromatic heterocycles. The van der Waals surface area contributed by atoms with Crippen molar-refractivity contribution in [3.8, 4) is 0 Å². The first kappa shape index (κ1) is 21.7. The normalized spacial score (nSPS) is 26.7. The Morgan fingerprint density at radius 3 is 2.59 bits per heavy atom. The Balaban J connectivity index is 1.71. The van der Waals surface area contributed by atoms with Crippen molar-refractivity contribution in [2.24, 2.45) is 11.3 Å². The molecule has 0 bridgehead atoms. The van der Waals surface area contributed by atoms with Gasteiger partial charge in [0.05, 0.1) is 0 Å². The van der Waals surface area contributed by atoms with Crippen LogP contribution in [-0.4, -0.2) is 12.6 Å². The number of rotatable bonds is 9. The molecular weight excluding hydrogens is 332 g/mol. The van der Waals surface area contributed by atoms with Crippen LogP contribution in [0.25, 0.3) is 0 Å². The van der Waals surface area contributed by atoms with E-state index in [1.807, 2.05) is 0 Å². The minimum Gasteiger partial charge on any atom is -0.458 e. The smallest absolute Gasteiger partial charge is 0.331 e. The van der Waals surface area contributed by atoms with Gasteiger partial charge in [-0.15, -0.1) is 0 Å². The van der Waals surface area contributed by atoms with Crippen LogP contribution in [-0.2, 0) is 9.53 Å². The Morgan fingerprint density at radius 1 is 1.22 bits per heavy atom. The molecule has 0 aromatic carbocycles. The summed E-state index contributed by atoms with van der Waals surface area (Å²) in [5, 5.41) is 0. The van der Waals surface area contributed by atoms with Crippen molar-refractivity contribution < 1.29 is 9.53 Å². The summed E-state index contributed by atoms with van der Waals surface area (Å²) in [7, 11) is 0. The Bertz CT molecular complexity index is 647. The van der Waals surface area contributed by atoms with Crippen LogP contribution in [0.5, 0.6) is 0 Å². The summed E-state index contributed by atoms with van der Waals surface area (Å²) in [5.41, 5.74) is 6.06. The fourth-order valence-corrected chi connectivity index (χ4v) is 4.20. The molecular formula is C25H38O2. The molecule has 0 radical (unpaired) electrons. The molecule has 2 rings (SSSR count). The molecule has 2 unspecified atom stereocenters. The number of esters is 1. The zero-order valence-electron chi connectivity index (χ0n) is 18.1. The maximum absolute atomic E-state index is 11.0. The van der Waals surface area contributed by atoms with E-state index in [-0.39, 0.29) is 5.97 Å². The van der Waals surface area contributed by atoms with Gasteiger partial charge in [0, 0.05) is 6.08 Å². The van der Waals surface area contributed by atoms with E-state index in [9.17, 15) is 4.79 Å². The maximum atomic E-state index is 11.0. The van der Waals surface area contributed by atoms with Gasteiger partial charge in [-0.3, -0.25) is 0 Å². The molecule has 0 saturated heterocycles. The highest BCUT2D eigenvalue weighted by atomic mass is 16.5. The van der Waals surface area contributed by atoms with E-state index in [4.69, 9.17) is 4.74 Å². The highest BCUT2D eigenvalue weighted by Crippen LogP contribution is 2.45. The van der Waals surface area contributed by atoms with Crippen LogP contribution < -0.4 is 0 Å². The highest BCUT2D eigenvalue weighted by Gasteiger charge is 2.34. The third-order valence-electron chi connectivity index (χ3n) is 6.79. The predicted octanol–water partition coefficient (Wildman–Crippen LogP) is 7.09. The highest BCUT2D eigenvalue weighted by molar-refractivity contribution is 5.85. The second kappa shape index (κ2) is 10.1. The average Bonchev–Trinajstić information content (AvgIpc) is 3.03. The molecule has 27 heavy (non-hydrogen) atoms. The van der Waals surface area contributed by atoms with Crippen LogP contribution in [0.2, 0.25) is 0 Å². The van der Waals surface area contributed by atoms with Gasteiger partial charge >= 0.3 is 5.97 Å². The minimum atomic E-state index is -0.187. The van der Waals surface area contributed by atoms with Crippen LogP contribution in [0.4, 0.5) is 0 Å². The molecule has 0 saturated carbocycles. The largest absolute Gasteiger partial charge is 0.458 e. The molecule has 150 valence electrons. The molecule has 1 aliphatic heterocycles. The Hall–Kier alpha value is -1.57. The SMILES string of the molecule is CC(=CCCC1=CC(=O)OC1)CCC=C(C)CCC1(C)C(C)=CCCC1C. The second-order valence-electron chi connectivity index (χ2n) is 8.87. The van der Waals surface area contributed by atoms with Crippen molar-refractivity contribution in [1.29, 1.82) is 0 Å². The van der Waals surface area contributed by atoms with Crippen LogP contribution in [0, 0.1) is 11.3 Å². The number of hydrogen-bond acceptors (Lipinski definition) is 2. The summed E-state index contributed by atoms with van der Waals surface area (Å²) in [4.78, 5) is 11.0. The van der Waals surface area contributed by atoms with Gasteiger partial charge in [0.25, 0.3) is 0 Å². The van der Waals surface area contributed by atoms with Gasteiger partial charge in [-0.2, -0.15) is 0 Å². The fourth-order valence-electron chi connectivity index (χ4n) is 4.20. The summed E-state index contributed by atoms with van der Waals surface area (Å²) in [6.45, 7) is 12.2. The van der Waals surface area contributed by atoms with E-state index in [2.05, 4.69) is 52.8 Å². The van der Waals surface area contributed by atoms with Crippen molar-refractivity contribution in [3.63, 3.8) is 0 Å². The first-order valence-corrected chi connectivity index (χ1v) is 10.7. The average molecular weight is 371 g/mol. The second-order valence-corrected chi connectivity index (χ2v) is 8.87. The van der Waals surface area contributed by atoms with Gasteiger partial charge in [-0.25, -0.2) is 4.79 Å². The van der Waals surface area contributed by atoms with E-state index in [0.29, 0.717) is 12.0 Å². The summed E-state index contributed by atoms with van der Waals surface area (Å²) >= 11 is 0. The lowest BCUT2D eigenvalue weighted by atomic mass is 9.65. The molecule has 2 aliphatic rings. The summed E-state index contributed by atoms with van der Waals surface area (Å²) in [6, 6.07) is 0. The number of allylic oxidation sites excluding steroid dienone is 6. The van der Waals surface area contributed by atoms with Crippen molar-refractivity contribution in [3.05, 3.63) is 46.6 Å². The summed E-state index contributed by atoms with van der Waals surface area (Å²) in [6.07, 6.45) is 18.1. The van der Waals surface area contributed by atoms with Crippen molar-refractivity contribution >= 4 is 5.97 Å².